The Labute approximate surface area is 129 Å². The molecule has 0 radical (unpaired) electrons. The molecule has 0 aromatic heterocycles. The second-order valence-electron chi connectivity index (χ2n) is 4.42. The van der Waals surface area contributed by atoms with Crippen LogP contribution in [-0.4, -0.2) is 10.8 Å². The molecule has 0 saturated carbocycles. The van der Waals surface area contributed by atoms with E-state index < -0.39 is 4.92 Å². The first-order chi connectivity index (χ1) is 9.86. The van der Waals surface area contributed by atoms with Gasteiger partial charge >= 0.3 is 0 Å². The third kappa shape index (κ3) is 3.57. The maximum absolute atomic E-state index is 10.9. The number of nitro groups is 1. The zero-order valence-electron chi connectivity index (χ0n) is 11.1. The molecule has 0 aliphatic rings. The third-order valence-corrected chi connectivity index (χ3v) is 3.18. The summed E-state index contributed by atoms with van der Waals surface area (Å²) < 4.78 is 6.20. The van der Waals surface area contributed by atoms with E-state index in [0.29, 0.717) is 21.5 Å². The smallest absolute Gasteiger partial charge is 0.274 e. The Hall–Kier alpha value is -2.41. The van der Waals surface area contributed by atoms with E-state index >= 15 is 0 Å². The standard InChI is InChI=1S/C14H12BrN3O3/c1-8-2-3-12(14(16)17)13(4-8)21-11-6-9(15)5-10(7-11)18(19)20/h2-7H,1H3,(H3,16,17). The lowest BCUT2D eigenvalue weighted by molar-refractivity contribution is -0.385. The van der Waals surface area contributed by atoms with Crippen LogP contribution in [0.1, 0.15) is 11.1 Å². The Morgan fingerprint density at radius 2 is 2.05 bits per heavy atom. The highest BCUT2D eigenvalue weighted by atomic mass is 79.9. The van der Waals surface area contributed by atoms with Gasteiger partial charge in [0.2, 0.25) is 0 Å². The molecule has 2 aromatic carbocycles. The van der Waals surface area contributed by atoms with E-state index in [2.05, 4.69) is 15.9 Å². The maximum Gasteiger partial charge on any atom is 0.274 e. The molecule has 0 atom stereocenters. The van der Waals surface area contributed by atoms with Crippen LogP contribution in [0, 0.1) is 22.4 Å². The van der Waals surface area contributed by atoms with Crippen LogP contribution in [-0.2, 0) is 0 Å². The Balaban J connectivity index is 2.45. The van der Waals surface area contributed by atoms with E-state index in [9.17, 15) is 10.1 Å². The summed E-state index contributed by atoms with van der Waals surface area (Å²) in [6, 6.07) is 9.53. The highest BCUT2D eigenvalue weighted by Gasteiger charge is 2.13. The first kappa shape index (κ1) is 15.0. The lowest BCUT2D eigenvalue weighted by atomic mass is 10.1. The van der Waals surface area contributed by atoms with Crippen molar-refractivity contribution in [3.05, 3.63) is 62.1 Å². The third-order valence-electron chi connectivity index (χ3n) is 2.72. The molecule has 0 saturated heterocycles. The molecule has 3 N–H and O–H groups in total. The van der Waals surface area contributed by atoms with E-state index in [-0.39, 0.29) is 11.5 Å². The number of non-ortho nitro benzene ring substituents is 1. The summed E-state index contributed by atoms with van der Waals surface area (Å²) in [4.78, 5) is 10.4. The summed E-state index contributed by atoms with van der Waals surface area (Å²) in [6.07, 6.45) is 0. The number of ether oxygens (including phenoxy) is 1. The fourth-order valence-electron chi connectivity index (χ4n) is 1.78. The van der Waals surface area contributed by atoms with Gasteiger partial charge in [-0.3, -0.25) is 15.5 Å². The molecule has 0 aliphatic heterocycles. The van der Waals surface area contributed by atoms with E-state index in [1.807, 2.05) is 13.0 Å². The van der Waals surface area contributed by atoms with Crippen molar-refractivity contribution in [2.45, 2.75) is 6.92 Å². The maximum atomic E-state index is 10.9. The predicted octanol–water partition coefficient (Wildman–Crippen LogP) is 3.74. The van der Waals surface area contributed by atoms with Gasteiger partial charge in [-0.05, 0) is 30.7 Å². The number of amidine groups is 1. The lowest BCUT2D eigenvalue weighted by Gasteiger charge is -2.11. The first-order valence-electron chi connectivity index (χ1n) is 5.94. The van der Waals surface area contributed by atoms with Gasteiger partial charge in [-0.2, -0.15) is 0 Å². The zero-order chi connectivity index (χ0) is 15.6. The molecule has 108 valence electrons. The van der Waals surface area contributed by atoms with Crippen molar-refractivity contribution in [3.8, 4) is 11.5 Å². The molecule has 0 amide bonds. The van der Waals surface area contributed by atoms with Gasteiger partial charge < -0.3 is 10.5 Å². The van der Waals surface area contributed by atoms with Gasteiger partial charge in [-0.1, -0.05) is 22.0 Å². The number of nitro benzene ring substituents is 1. The number of nitrogens with zero attached hydrogens (tertiary/aromatic N) is 1. The summed E-state index contributed by atoms with van der Waals surface area (Å²) in [7, 11) is 0. The largest absolute Gasteiger partial charge is 0.456 e. The summed E-state index contributed by atoms with van der Waals surface area (Å²) in [5.74, 6) is 0.550. The Bertz CT molecular complexity index is 731. The number of hydrogen-bond donors (Lipinski definition) is 2. The summed E-state index contributed by atoms with van der Waals surface area (Å²) in [6.45, 7) is 1.88. The minimum atomic E-state index is -0.500. The van der Waals surface area contributed by atoms with Crippen LogP contribution in [0.4, 0.5) is 5.69 Å². The zero-order valence-corrected chi connectivity index (χ0v) is 12.7. The van der Waals surface area contributed by atoms with Crippen molar-refractivity contribution in [2.75, 3.05) is 0 Å². The van der Waals surface area contributed by atoms with Crippen LogP contribution in [0.2, 0.25) is 0 Å². The summed E-state index contributed by atoms with van der Waals surface area (Å²) in [5.41, 5.74) is 6.79. The van der Waals surface area contributed by atoms with E-state index in [1.165, 1.54) is 12.1 Å². The number of nitrogens with one attached hydrogen (secondary N) is 1. The fourth-order valence-corrected chi connectivity index (χ4v) is 2.24. The van der Waals surface area contributed by atoms with Crippen LogP contribution >= 0.6 is 15.9 Å². The molecular formula is C14H12BrN3O3. The lowest BCUT2D eigenvalue weighted by Crippen LogP contribution is -2.12. The van der Waals surface area contributed by atoms with Crippen LogP contribution < -0.4 is 10.5 Å². The van der Waals surface area contributed by atoms with Gasteiger partial charge in [0.25, 0.3) is 5.69 Å². The number of rotatable bonds is 4. The number of aryl methyl sites for hydroxylation is 1. The molecular weight excluding hydrogens is 338 g/mol. The predicted molar refractivity (Wildman–Crippen MR) is 83.1 cm³/mol. The van der Waals surface area contributed by atoms with Crippen LogP contribution in [0.15, 0.2) is 40.9 Å². The Kier molecular flexibility index (Phi) is 4.23. The van der Waals surface area contributed by atoms with Crippen molar-refractivity contribution in [1.29, 1.82) is 5.41 Å². The highest BCUT2D eigenvalue weighted by molar-refractivity contribution is 9.10. The van der Waals surface area contributed by atoms with Crippen LogP contribution in [0.3, 0.4) is 0 Å². The van der Waals surface area contributed by atoms with E-state index in [0.717, 1.165) is 5.56 Å². The first-order valence-corrected chi connectivity index (χ1v) is 6.74. The molecule has 0 unspecified atom stereocenters. The van der Waals surface area contributed by atoms with Crippen molar-refractivity contribution in [3.63, 3.8) is 0 Å². The summed E-state index contributed by atoms with van der Waals surface area (Å²) in [5, 5.41) is 18.4. The Morgan fingerprint density at radius 3 is 2.67 bits per heavy atom. The monoisotopic (exact) mass is 349 g/mol. The summed E-state index contributed by atoms with van der Waals surface area (Å²) >= 11 is 3.21. The molecule has 7 heteroatoms. The molecule has 6 nitrogen and oxygen atoms in total. The Morgan fingerprint density at radius 1 is 1.33 bits per heavy atom. The van der Waals surface area contributed by atoms with Gasteiger partial charge in [0, 0.05) is 10.5 Å². The van der Waals surface area contributed by atoms with Crippen LogP contribution in [0.5, 0.6) is 11.5 Å². The van der Waals surface area contributed by atoms with Gasteiger partial charge in [0.05, 0.1) is 16.6 Å². The molecule has 0 heterocycles. The van der Waals surface area contributed by atoms with Gasteiger partial charge in [-0.25, -0.2) is 0 Å². The number of nitrogen functional groups attached to an aromatic ring is 1. The fraction of sp³-hybridized carbons (Fsp3) is 0.0714. The van der Waals surface area contributed by atoms with Crippen molar-refractivity contribution < 1.29 is 9.66 Å². The average molecular weight is 350 g/mol. The van der Waals surface area contributed by atoms with Crippen molar-refractivity contribution in [2.24, 2.45) is 5.73 Å². The molecule has 2 rings (SSSR count). The normalized spacial score (nSPS) is 10.2. The molecule has 0 spiro atoms. The minimum absolute atomic E-state index is 0.0867. The second kappa shape index (κ2) is 5.92. The topological polar surface area (TPSA) is 102 Å². The van der Waals surface area contributed by atoms with Crippen molar-refractivity contribution in [1.82, 2.24) is 0 Å². The van der Waals surface area contributed by atoms with E-state index in [1.54, 1.807) is 18.2 Å². The molecule has 21 heavy (non-hydrogen) atoms. The molecule has 0 bridgehead atoms. The number of hydrogen-bond acceptors (Lipinski definition) is 4. The number of nitrogens with two attached hydrogens (primary N) is 1. The quantitative estimate of drug-likeness (QED) is 0.379. The van der Waals surface area contributed by atoms with E-state index in [4.69, 9.17) is 15.9 Å². The second-order valence-corrected chi connectivity index (χ2v) is 5.33. The average Bonchev–Trinajstić information content (AvgIpc) is 2.37. The van der Waals surface area contributed by atoms with Gasteiger partial charge in [0.1, 0.15) is 17.3 Å². The minimum Gasteiger partial charge on any atom is -0.456 e. The SMILES string of the molecule is Cc1ccc(C(=N)N)c(Oc2cc(Br)cc([N+](=O)[O-])c2)c1. The highest BCUT2D eigenvalue weighted by Crippen LogP contribution is 2.31. The number of halogens is 1. The van der Waals surface area contributed by atoms with Crippen molar-refractivity contribution >= 4 is 27.5 Å². The molecule has 0 aliphatic carbocycles. The van der Waals surface area contributed by atoms with Gasteiger partial charge in [-0.15, -0.1) is 0 Å². The number of benzene rings is 2. The van der Waals surface area contributed by atoms with Crippen LogP contribution in [0.25, 0.3) is 0 Å². The molecule has 0 fully saturated rings. The molecule has 2 aromatic rings. The van der Waals surface area contributed by atoms with Gasteiger partial charge in [0.15, 0.2) is 0 Å².